The summed E-state index contributed by atoms with van der Waals surface area (Å²) in [5.41, 5.74) is 2.09. The molecule has 0 aliphatic carbocycles. The molecule has 0 bridgehead atoms. The van der Waals surface area contributed by atoms with Gasteiger partial charge in [-0.05, 0) is 45.4 Å². The predicted molar refractivity (Wildman–Crippen MR) is 143 cm³/mol. The summed E-state index contributed by atoms with van der Waals surface area (Å²) in [6.07, 6.45) is -3.76. The van der Waals surface area contributed by atoms with Crippen LogP contribution >= 0.6 is 0 Å². The third kappa shape index (κ3) is 8.50. The lowest BCUT2D eigenvalue weighted by Gasteiger charge is -2.33. The van der Waals surface area contributed by atoms with Gasteiger partial charge in [-0.1, -0.05) is 0 Å². The number of aliphatic imine (C=N–C) groups is 1. The van der Waals surface area contributed by atoms with Gasteiger partial charge in [-0.2, -0.15) is 18.2 Å². The van der Waals surface area contributed by atoms with Gasteiger partial charge in [-0.15, -0.1) is 0 Å². The Hall–Kier alpha value is -3.03. The van der Waals surface area contributed by atoms with Crippen LogP contribution in [0.5, 0.6) is 0 Å². The number of anilines is 4. The van der Waals surface area contributed by atoms with Crippen LogP contribution in [-0.2, 0) is 9.47 Å². The molecule has 0 radical (unpaired) electrons. The van der Waals surface area contributed by atoms with Crippen molar-refractivity contribution >= 4 is 29.0 Å². The summed E-state index contributed by atoms with van der Waals surface area (Å²) in [5.74, 6) is 1.43. The van der Waals surface area contributed by atoms with Crippen LogP contribution in [0.4, 0.5) is 36.4 Å². The highest BCUT2D eigenvalue weighted by atomic mass is 19.4. The summed E-state index contributed by atoms with van der Waals surface area (Å²) in [6.45, 7) is 9.51. The number of ether oxygens (including phenoxy) is 2. The first-order valence-electron chi connectivity index (χ1n) is 12.7. The molecule has 0 aromatic carbocycles. The summed E-state index contributed by atoms with van der Waals surface area (Å²) >= 11 is 0. The van der Waals surface area contributed by atoms with Gasteiger partial charge in [0.2, 0.25) is 5.95 Å². The van der Waals surface area contributed by atoms with Crippen molar-refractivity contribution < 1.29 is 22.6 Å². The van der Waals surface area contributed by atoms with Crippen LogP contribution in [0.3, 0.4) is 0 Å². The van der Waals surface area contributed by atoms with E-state index < -0.39 is 18.9 Å². The standard InChI is InChI=1S/C25H37F3N8O2/c1-6-37-12-10-32-22-21(20(29-5)18(4)38-15-25(26,27)28)34-24(36-11-9-30-17(3)14-36)35-23(22)33-19-13-16(2)7-8-31-19/h7-8,13,17-18,30,32H,6,9-12,14-15H2,1-5H3,(H,31,33,34,35)/b29-20-. The molecule has 1 aliphatic rings. The molecule has 1 fully saturated rings. The highest BCUT2D eigenvalue weighted by molar-refractivity contribution is 6.08. The second-order valence-electron chi connectivity index (χ2n) is 9.04. The van der Waals surface area contributed by atoms with Crippen LogP contribution in [0.25, 0.3) is 0 Å². The molecule has 13 heteroatoms. The molecule has 2 unspecified atom stereocenters. The van der Waals surface area contributed by atoms with E-state index in [0.717, 1.165) is 12.1 Å². The number of pyridine rings is 1. The van der Waals surface area contributed by atoms with E-state index in [1.54, 1.807) is 6.20 Å². The fourth-order valence-electron chi connectivity index (χ4n) is 4.04. The number of hydrogen-bond acceptors (Lipinski definition) is 10. The van der Waals surface area contributed by atoms with Gasteiger partial charge in [-0.25, -0.2) is 9.97 Å². The predicted octanol–water partition coefficient (Wildman–Crippen LogP) is 3.56. The summed E-state index contributed by atoms with van der Waals surface area (Å²) in [6, 6.07) is 3.97. The van der Waals surface area contributed by atoms with E-state index in [2.05, 4.69) is 32.9 Å². The Labute approximate surface area is 221 Å². The smallest absolute Gasteiger partial charge is 0.380 e. The highest BCUT2D eigenvalue weighted by Crippen LogP contribution is 2.31. The zero-order valence-corrected chi connectivity index (χ0v) is 22.5. The molecule has 3 heterocycles. The largest absolute Gasteiger partial charge is 0.411 e. The molecule has 210 valence electrons. The Morgan fingerprint density at radius 1 is 1.34 bits per heavy atom. The van der Waals surface area contributed by atoms with E-state index in [4.69, 9.17) is 19.4 Å². The third-order valence-corrected chi connectivity index (χ3v) is 5.83. The maximum Gasteiger partial charge on any atom is 0.411 e. The third-order valence-electron chi connectivity index (χ3n) is 5.83. The Morgan fingerprint density at radius 3 is 2.79 bits per heavy atom. The summed E-state index contributed by atoms with van der Waals surface area (Å²) in [5, 5.41) is 9.97. The van der Waals surface area contributed by atoms with Crippen molar-refractivity contribution in [3.05, 3.63) is 29.6 Å². The molecule has 1 aliphatic heterocycles. The molecular formula is C25H37F3N8O2. The highest BCUT2D eigenvalue weighted by Gasteiger charge is 2.31. The maximum absolute atomic E-state index is 12.9. The Balaban J connectivity index is 2.10. The first-order valence-corrected chi connectivity index (χ1v) is 12.7. The summed E-state index contributed by atoms with van der Waals surface area (Å²) in [4.78, 5) is 20.4. The topological polar surface area (TPSA) is 109 Å². The number of hydrogen-bond donors (Lipinski definition) is 3. The lowest BCUT2D eigenvalue weighted by atomic mass is 10.1. The molecule has 1 saturated heterocycles. The number of alkyl halides is 3. The SMILES string of the molecule is CCOCCNc1c(Nc2cc(C)ccn2)nc(N2CCNC(C)C2)nc1/C(=N\C)C(C)OCC(F)(F)F. The number of rotatable bonds is 12. The summed E-state index contributed by atoms with van der Waals surface area (Å²) < 4.78 is 49.5. The minimum absolute atomic E-state index is 0.211. The maximum atomic E-state index is 12.9. The molecule has 0 amide bonds. The molecular weight excluding hydrogens is 501 g/mol. The van der Waals surface area contributed by atoms with Crippen LogP contribution in [-0.4, -0.2) is 92.0 Å². The fourth-order valence-corrected chi connectivity index (χ4v) is 4.04. The van der Waals surface area contributed by atoms with Crippen LogP contribution < -0.4 is 20.9 Å². The monoisotopic (exact) mass is 538 g/mol. The van der Waals surface area contributed by atoms with Crippen molar-refractivity contribution in [2.24, 2.45) is 4.99 Å². The number of nitrogens with one attached hydrogen (secondary N) is 3. The molecule has 3 N–H and O–H groups in total. The van der Waals surface area contributed by atoms with Crippen LogP contribution in [0.15, 0.2) is 23.3 Å². The van der Waals surface area contributed by atoms with Crippen LogP contribution in [0.1, 0.15) is 32.0 Å². The van der Waals surface area contributed by atoms with Crippen molar-refractivity contribution in [3.8, 4) is 0 Å². The molecule has 2 aromatic rings. The number of aromatic nitrogens is 3. The zero-order chi connectivity index (χ0) is 27.7. The van der Waals surface area contributed by atoms with Crippen LogP contribution in [0.2, 0.25) is 0 Å². The lowest BCUT2D eigenvalue weighted by Crippen LogP contribution is -2.50. The molecule has 3 rings (SSSR count). The van der Waals surface area contributed by atoms with Gasteiger partial charge in [-0.3, -0.25) is 4.99 Å². The zero-order valence-electron chi connectivity index (χ0n) is 22.5. The molecule has 38 heavy (non-hydrogen) atoms. The van der Waals surface area contributed by atoms with Crippen LogP contribution in [0, 0.1) is 6.92 Å². The Kier molecular flexibility index (Phi) is 10.6. The quantitative estimate of drug-likeness (QED) is 0.276. The Bertz CT molecular complexity index is 1080. The van der Waals surface area contributed by atoms with Gasteiger partial charge in [0.25, 0.3) is 0 Å². The van der Waals surface area contributed by atoms with E-state index in [9.17, 15) is 13.2 Å². The van der Waals surface area contributed by atoms with Gasteiger partial charge in [0, 0.05) is 52.1 Å². The molecule has 2 atom stereocenters. The second kappa shape index (κ2) is 13.7. The average molecular weight is 539 g/mol. The first-order chi connectivity index (χ1) is 18.1. The van der Waals surface area contributed by atoms with Gasteiger partial charge in [0.05, 0.1) is 18.4 Å². The van der Waals surface area contributed by atoms with Crippen molar-refractivity contribution in [3.63, 3.8) is 0 Å². The fraction of sp³-hybridized carbons (Fsp3) is 0.600. The van der Waals surface area contributed by atoms with Crippen molar-refractivity contribution in [1.82, 2.24) is 20.3 Å². The van der Waals surface area contributed by atoms with Crippen molar-refractivity contribution in [1.29, 1.82) is 0 Å². The van der Waals surface area contributed by atoms with Gasteiger partial charge in [0.1, 0.15) is 23.8 Å². The molecule has 10 nitrogen and oxygen atoms in total. The molecule has 0 saturated carbocycles. The molecule has 0 spiro atoms. The number of aryl methyl sites for hydroxylation is 1. The van der Waals surface area contributed by atoms with E-state index in [1.807, 2.05) is 30.9 Å². The minimum atomic E-state index is -4.47. The number of nitrogens with zero attached hydrogens (tertiary/aromatic N) is 5. The number of halogens is 3. The number of piperazine rings is 1. The normalized spacial score (nSPS) is 17.4. The van der Waals surface area contributed by atoms with E-state index in [0.29, 0.717) is 61.8 Å². The van der Waals surface area contributed by atoms with Crippen molar-refractivity contribution in [2.75, 3.05) is 68.6 Å². The Morgan fingerprint density at radius 2 is 2.13 bits per heavy atom. The first kappa shape index (κ1) is 29.5. The van der Waals surface area contributed by atoms with E-state index in [-0.39, 0.29) is 11.8 Å². The van der Waals surface area contributed by atoms with Gasteiger partial charge < -0.3 is 30.3 Å². The average Bonchev–Trinajstić information content (AvgIpc) is 2.86. The summed E-state index contributed by atoms with van der Waals surface area (Å²) in [7, 11) is 1.51. The lowest BCUT2D eigenvalue weighted by molar-refractivity contribution is -0.177. The van der Waals surface area contributed by atoms with Gasteiger partial charge >= 0.3 is 6.18 Å². The van der Waals surface area contributed by atoms with E-state index >= 15 is 0 Å². The van der Waals surface area contributed by atoms with Gasteiger partial charge in [0.15, 0.2) is 5.82 Å². The van der Waals surface area contributed by atoms with E-state index in [1.165, 1.54) is 14.0 Å². The minimum Gasteiger partial charge on any atom is -0.380 e. The van der Waals surface area contributed by atoms with Crippen molar-refractivity contribution in [2.45, 2.75) is 46.0 Å². The molecule has 2 aromatic heterocycles. The second-order valence-corrected chi connectivity index (χ2v) is 9.04.